The maximum atomic E-state index is 13.4. The molecule has 30 heavy (non-hydrogen) atoms. The van der Waals surface area contributed by atoms with Gasteiger partial charge in [-0.3, -0.25) is 14.5 Å². The second-order valence-electron chi connectivity index (χ2n) is 8.11. The minimum atomic E-state index is -1.26. The van der Waals surface area contributed by atoms with Gasteiger partial charge in [-0.05, 0) is 43.5 Å². The van der Waals surface area contributed by atoms with Gasteiger partial charge in [0.25, 0.3) is 5.91 Å². The zero-order chi connectivity index (χ0) is 21.7. The van der Waals surface area contributed by atoms with Crippen LogP contribution in [-0.2, 0) is 15.1 Å². The highest BCUT2D eigenvalue weighted by molar-refractivity contribution is 6.09. The fourth-order valence-electron chi connectivity index (χ4n) is 4.27. The highest BCUT2D eigenvalue weighted by Gasteiger charge is 2.52. The normalized spacial score (nSPS) is 23.0. The second kappa shape index (κ2) is 9.55. The number of piperidine rings is 1. The summed E-state index contributed by atoms with van der Waals surface area (Å²) >= 11 is 0. The molecule has 0 saturated carbocycles. The molecule has 1 atom stereocenters. The number of urea groups is 1. The molecule has 8 heteroatoms. The van der Waals surface area contributed by atoms with Crippen LogP contribution in [0, 0.1) is 5.82 Å². The molecule has 2 heterocycles. The average molecular weight is 419 g/mol. The van der Waals surface area contributed by atoms with Crippen LogP contribution in [0.3, 0.4) is 0 Å². The quantitative estimate of drug-likeness (QED) is 0.635. The van der Waals surface area contributed by atoms with E-state index in [2.05, 4.69) is 22.5 Å². The first kappa shape index (κ1) is 22.2. The number of carbonyl (C=O) groups excluding carboxylic acids is 3. The van der Waals surface area contributed by atoms with Gasteiger partial charge in [-0.25, -0.2) is 9.18 Å². The van der Waals surface area contributed by atoms with E-state index >= 15 is 0 Å². The molecule has 0 spiro atoms. The van der Waals surface area contributed by atoms with Crippen molar-refractivity contribution >= 4 is 17.8 Å². The van der Waals surface area contributed by atoms with Crippen molar-refractivity contribution in [2.45, 2.75) is 57.5 Å². The van der Waals surface area contributed by atoms with Crippen molar-refractivity contribution in [1.29, 1.82) is 0 Å². The predicted octanol–water partition coefficient (Wildman–Crippen LogP) is 2.36. The van der Waals surface area contributed by atoms with E-state index in [4.69, 9.17) is 0 Å². The molecule has 0 aromatic heterocycles. The van der Waals surface area contributed by atoms with E-state index in [0.717, 1.165) is 43.8 Å². The Morgan fingerprint density at radius 2 is 1.87 bits per heavy atom. The van der Waals surface area contributed by atoms with Gasteiger partial charge < -0.3 is 15.5 Å². The van der Waals surface area contributed by atoms with Gasteiger partial charge in [0, 0.05) is 19.1 Å². The van der Waals surface area contributed by atoms with Crippen molar-refractivity contribution in [2.75, 3.05) is 26.2 Å². The Morgan fingerprint density at radius 1 is 1.20 bits per heavy atom. The minimum absolute atomic E-state index is 0.0583. The summed E-state index contributed by atoms with van der Waals surface area (Å²) in [6, 6.07) is 5.07. The number of unbranched alkanes of at least 4 members (excludes halogenated alkanes) is 1. The van der Waals surface area contributed by atoms with Crippen LogP contribution >= 0.6 is 0 Å². The van der Waals surface area contributed by atoms with E-state index < -0.39 is 23.3 Å². The lowest BCUT2D eigenvalue weighted by molar-refractivity contribution is -0.135. The van der Waals surface area contributed by atoms with Crippen molar-refractivity contribution in [3.05, 3.63) is 35.6 Å². The van der Waals surface area contributed by atoms with Crippen LogP contribution in [-0.4, -0.2) is 59.9 Å². The number of likely N-dealkylation sites (tertiary alicyclic amines) is 1. The van der Waals surface area contributed by atoms with Gasteiger partial charge in [-0.15, -0.1) is 0 Å². The van der Waals surface area contributed by atoms with Gasteiger partial charge in [0.15, 0.2) is 0 Å². The van der Waals surface area contributed by atoms with E-state index in [9.17, 15) is 18.8 Å². The van der Waals surface area contributed by atoms with Crippen molar-refractivity contribution in [1.82, 2.24) is 20.4 Å². The fraction of sp³-hybridized carbons (Fsp3) is 0.591. The molecule has 2 fully saturated rings. The molecular weight excluding hydrogens is 387 g/mol. The van der Waals surface area contributed by atoms with Crippen molar-refractivity contribution < 1.29 is 18.8 Å². The topological polar surface area (TPSA) is 81.8 Å². The molecule has 0 radical (unpaired) electrons. The van der Waals surface area contributed by atoms with Gasteiger partial charge in [-0.1, -0.05) is 38.8 Å². The summed E-state index contributed by atoms with van der Waals surface area (Å²) in [6.07, 6.45) is 3.65. The number of nitrogens with one attached hydrogen (secondary N) is 2. The molecule has 2 N–H and O–H groups in total. The number of halogens is 1. The van der Waals surface area contributed by atoms with Crippen LogP contribution < -0.4 is 10.6 Å². The van der Waals surface area contributed by atoms with Crippen LogP contribution in [0.5, 0.6) is 0 Å². The fourth-order valence-corrected chi connectivity index (χ4v) is 4.27. The third kappa shape index (κ3) is 4.64. The van der Waals surface area contributed by atoms with Crippen LogP contribution in [0.2, 0.25) is 0 Å². The Labute approximate surface area is 177 Å². The summed E-state index contributed by atoms with van der Waals surface area (Å²) in [5.74, 6) is -1.20. The van der Waals surface area contributed by atoms with Crippen LogP contribution in [0.1, 0.15) is 51.5 Å². The standard InChI is InChI=1S/C22H31FN4O3/c1-3-5-12-22(16-6-8-17(23)9-7-16)20(29)27(21(30)25-22)15-19(28)24-18-10-13-26(4-2)14-11-18/h6-9,18H,3-5,10-15H2,1-2H3,(H,24,28)(H,25,30). The Kier molecular flexibility index (Phi) is 7.07. The van der Waals surface area contributed by atoms with Gasteiger partial charge in [-0.2, -0.15) is 0 Å². The largest absolute Gasteiger partial charge is 0.352 e. The molecule has 1 unspecified atom stereocenters. The smallest absolute Gasteiger partial charge is 0.325 e. The Morgan fingerprint density at radius 3 is 2.47 bits per heavy atom. The van der Waals surface area contributed by atoms with Crippen LogP contribution in [0.4, 0.5) is 9.18 Å². The summed E-state index contributed by atoms with van der Waals surface area (Å²) in [6.45, 7) is 6.64. The molecule has 3 rings (SSSR count). The Bertz CT molecular complexity index is 777. The second-order valence-corrected chi connectivity index (χ2v) is 8.11. The zero-order valence-electron chi connectivity index (χ0n) is 17.7. The van der Waals surface area contributed by atoms with E-state index in [1.807, 2.05) is 6.92 Å². The summed E-state index contributed by atoms with van der Waals surface area (Å²) < 4.78 is 13.4. The van der Waals surface area contributed by atoms with Gasteiger partial charge in [0.1, 0.15) is 17.9 Å². The number of hydrogen-bond acceptors (Lipinski definition) is 4. The minimum Gasteiger partial charge on any atom is -0.352 e. The van der Waals surface area contributed by atoms with Crippen molar-refractivity contribution in [3.63, 3.8) is 0 Å². The van der Waals surface area contributed by atoms with Gasteiger partial charge in [0.05, 0.1) is 0 Å². The highest BCUT2D eigenvalue weighted by Crippen LogP contribution is 2.34. The number of nitrogens with zero attached hydrogens (tertiary/aromatic N) is 2. The van der Waals surface area contributed by atoms with Crippen molar-refractivity contribution in [2.24, 2.45) is 0 Å². The molecule has 164 valence electrons. The van der Waals surface area contributed by atoms with E-state index in [1.165, 1.54) is 24.3 Å². The first-order valence-electron chi connectivity index (χ1n) is 10.8. The molecule has 2 aliphatic rings. The number of rotatable bonds is 8. The summed E-state index contributed by atoms with van der Waals surface area (Å²) in [5.41, 5.74) is -0.723. The third-order valence-corrected chi connectivity index (χ3v) is 6.12. The maximum absolute atomic E-state index is 13.4. The monoisotopic (exact) mass is 418 g/mol. The molecule has 2 aliphatic heterocycles. The Balaban J connectivity index is 1.70. The van der Waals surface area contributed by atoms with Crippen LogP contribution in [0.15, 0.2) is 24.3 Å². The lowest BCUT2D eigenvalue weighted by Gasteiger charge is -2.31. The average Bonchev–Trinajstić information content (AvgIpc) is 2.98. The first-order valence-corrected chi connectivity index (χ1v) is 10.8. The lowest BCUT2D eigenvalue weighted by atomic mass is 9.85. The molecular formula is C22H31FN4O3. The predicted molar refractivity (Wildman–Crippen MR) is 111 cm³/mol. The molecule has 0 aliphatic carbocycles. The number of imide groups is 1. The molecule has 0 bridgehead atoms. The zero-order valence-corrected chi connectivity index (χ0v) is 17.7. The molecule has 1 aromatic carbocycles. The van der Waals surface area contributed by atoms with Gasteiger partial charge in [0.2, 0.25) is 5.91 Å². The number of amides is 4. The number of benzene rings is 1. The lowest BCUT2D eigenvalue weighted by Crippen LogP contribution is -2.49. The highest BCUT2D eigenvalue weighted by atomic mass is 19.1. The third-order valence-electron chi connectivity index (χ3n) is 6.12. The maximum Gasteiger partial charge on any atom is 0.325 e. The molecule has 1 aromatic rings. The Hall–Kier alpha value is -2.48. The van der Waals surface area contributed by atoms with Crippen LogP contribution in [0.25, 0.3) is 0 Å². The van der Waals surface area contributed by atoms with Gasteiger partial charge >= 0.3 is 6.03 Å². The molecule has 4 amide bonds. The van der Waals surface area contributed by atoms with E-state index in [0.29, 0.717) is 18.4 Å². The summed E-state index contributed by atoms with van der Waals surface area (Å²) in [7, 11) is 0. The van der Waals surface area contributed by atoms with E-state index in [-0.39, 0.29) is 18.5 Å². The first-order chi connectivity index (χ1) is 14.4. The number of hydrogen-bond donors (Lipinski definition) is 2. The summed E-state index contributed by atoms with van der Waals surface area (Å²) in [4.78, 5) is 41.8. The van der Waals surface area contributed by atoms with Crippen molar-refractivity contribution in [3.8, 4) is 0 Å². The number of carbonyl (C=O) groups is 3. The summed E-state index contributed by atoms with van der Waals surface area (Å²) in [5, 5.41) is 5.75. The molecule has 2 saturated heterocycles. The molecule has 7 nitrogen and oxygen atoms in total. The SMILES string of the molecule is CCCCC1(c2ccc(F)cc2)NC(=O)N(CC(=O)NC2CCN(CC)CC2)C1=O. The van der Waals surface area contributed by atoms with E-state index in [1.54, 1.807) is 0 Å².